The van der Waals surface area contributed by atoms with Gasteiger partial charge in [-0.05, 0) is 6.42 Å². The van der Waals surface area contributed by atoms with Crippen LogP contribution in [0.4, 0.5) is 0 Å². The first-order valence-corrected chi connectivity index (χ1v) is 4.78. The number of ether oxygens (including phenoxy) is 1. The highest BCUT2D eigenvalue weighted by Gasteiger charge is 2.59. The van der Waals surface area contributed by atoms with E-state index in [1.165, 1.54) is 0 Å². The Morgan fingerprint density at radius 2 is 1.80 bits per heavy atom. The zero-order valence-corrected chi connectivity index (χ0v) is 7.87. The summed E-state index contributed by atoms with van der Waals surface area (Å²) in [6.45, 7) is -0.155. The zero-order chi connectivity index (χ0) is 11.2. The average Bonchev–Trinajstić information content (AvgIpc) is 2.72. The Balaban J connectivity index is 2.24. The second-order valence-corrected chi connectivity index (χ2v) is 4.05. The Morgan fingerprint density at radius 3 is 2.27 bits per heavy atom. The van der Waals surface area contributed by atoms with Gasteiger partial charge in [-0.1, -0.05) is 0 Å². The summed E-state index contributed by atoms with van der Waals surface area (Å²) in [5, 5.41) is 26.8. The number of aliphatic hydroxyl groups excluding tert-OH is 1. The highest BCUT2D eigenvalue weighted by atomic mass is 16.5. The third-order valence-electron chi connectivity index (χ3n) is 3.28. The number of aliphatic hydroxyl groups is 1. The van der Waals surface area contributed by atoms with E-state index in [-0.39, 0.29) is 12.5 Å². The van der Waals surface area contributed by atoms with Crippen molar-refractivity contribution in [3.8, 4) is 0 Å². The van der Waals surface area contributed by atoms with Crippen molar-refractivity contribution >= 4 is 11.9 Å². The molecule has 0 aliphatic carbocycles. The van der Waals surface area contributed by atoms with Crippen LogP contribution in [0.3, 0.4) is 0 Å². The molecule has 0 aromatic rings. The standard InChI is InChI=1S/C9H12O6/c10-2-3-1-4-5(8(11)12)6(9(13)14)7(3)15-4/h3-7,10H,1-2H2,(H,11,12)(H,13,14)/t3-,4-,5+,6+,7+/m1/s1. The van der Waals surface area contributed by atoms with Crippen molar-refractivity contribution in [3.63, 3.8) is 0 Å². The summed E-state index contributed by atoms with van der Waals surface area (Å²) < 4.78 is 5.30. The largest absolute Gasteiger partial charge is 0.481 e. The number of fused-ring (bicyclic) bond motifs is 2. The maximum absolute atomic E-state index is 10.9. The van der Waals surface area contributed by atoms with Crippen LogP contribution in [0.2, 0.25) is 0 Å². The van der Waals surface area contributed by atoms with Gasteiger partial charge in [0.05, 0.1) is 24.0 Å². The number of carboxylic acid groups (broad SMARTS) is 2. The van der Waals surface area contributed by atoms with E-state index in [2.05, 4.69) is 0 Å². The summed E-state index contributed by atoms with van der Waals surface area (Å²) in [5.41, 5.74) is 0. The average molecular weight is 216 g/mol. The molecule has 0 spiro atoms. The van der Waals surface area contributed by atoms with Crippen LogP contribution in [-0.4, -0.2) is 46.1 Å². The minimum absolute atomic E-state index is 0.155. The lowest BCUT2D eigenvalue weighted by Crippen LogP contribution is -2.42. The lowest BCUT2D eigenvalue weighted by Gasteiger charge is -2.26. The molecule has 2 heterocycles. The first-order chi connectivity index (χ1) is 7.06. The monoisotopic (exact) mass is 216 g/mol. The number of carboxylic acids is 2. The van der Waals surface area contributed by atoms with Crippen molar-refractivity contribution in [1.29, 1.82) is 0 Å². The molecule has 5 atom stereocenters. The lowest BCUT2D eigenvalue weighted by molar-refractivity contribution is -0.155. The highest BCUT2D eigenvalue weighted by molar-refractivity contribution is 5.82. The molecule has 15 heavy (non-hydrogen) atoms. The normalized spacial score (nSPS) is 43.1. The molecule has 2 rings (SSSR count). The number of hydrogen-bond donors (Lipinski definition) is 3. The maximum Gasteiger partial charge on any atom is 0.310 e. The number of carbonyl (C=O) groups is 2. The Morgan fingerprint density at radius 1 is 1.20 bits per heavy atom. The molecule has 2 bridgehead atoms. The molecule has 0 radical (unpaired) electrons. The topological polar surface area (TPSA) is 104 Å². The van der Waals surface area contributed by atoms with Crippen LogP contribution in [0.25, 0.3) is 0 Å². The molecule has 2 aliphatic heterocycles. The molecule has 0 aromatic carbocycles. The van der Waals surface area contributed by atoms with Gasteiger partial charge in [0.1, 0.15) is 0 Å². The van der Waals surface area contributed by atoms with Gasteiger partial charge in [-0.15, -0.1) is 0 Å². The molecule has 2 fully saturated rings. The predicted molar refractivity (Wildman–Crippen MR) is 46.1 cm³/mol. The molecular formula is C9H12O6. The molecular weight excluding hydrogens is 204 g/mol. The van der Waals surface area contributed by atoms with Crippen LogP contribution in [0.1, 0.15) is 6.42 Å². The van der Waals surface area contributed by atoms with Crippen LogP contribution in [-0.2, 0) is 14.3 Å². The molecule has 2 aliphatic rings. The Hall–Kier alpha value is -1.14. The molecule has 6 nitrogen and oxygen atoms in total. The summed E-state index contributed by atoms with van der Waals surface area (Å²) in [4.78, 5) is 21.8. The zero-order valence-electron chi connectivity index (χ0n) is 7.87. The van der Waals surface area contributed by atoms with E-state index in [1.807, 2.05) is 0 Å². The minimum Gasteiger partial charge on any atom is -0.481 e. The molecule has 0 aromatic heterocycles. The van der Waals surface area contributed by atoms with E-state index in [0.717, 1.165) is 0 Å². The van der Waals surface area contributed by atoms with Crippen LogP contribution < -0.4 is 0 Å². The molecule has 0 unspecified atom stereocenters. The molecule has 0 amide bonds. The summed E-state index contributed by atoms with van der Waals surface area (Å²) in [5.74, 6) is -4.54. The summed E-state index contributed by atoms with van der Waals surface area (Å²) in [7, 11) is 0. The molecule has 0 saturated carbocycles. The van der Waals surface area contributed by atoms with E-state index in [0.29, 0.717) is 6.42 Å². The van der Waals surface area contributed by atoms with Gasteiger partial charge in [0.15, 0.2) is 0 Å². The van der Waals surface area contributed by atoms with E-state index in [1.54, 1.807) is 0 Å². The van der Waals surface area contributed by atoms with Crippen molar-refractivity contribution in [2.75, 3.05) is 6.61 Å². The summed E-state index contributed by atoms with van der Waals surface area (Å²) in [6.07, 6.45) is -0.786. The fraction of sp³-hybridized carbons (Fsp3) is 0.778. The minimum atomic E-state index is -1.16. The number of hydrogen-bond acceptors (Lipinski definition) is 4. The van der Waals surface area contributed by atoms with E-state index in [4.69, 9.17) is 20.1 Å². The van der Waals surface area contributed by atoms with Gasteiger partial charge in [0, 0.05) is 12.5 Å². The fourth-order valence-electron chi connectivity index (χ4n) is 2.63. The van der Waals surface area contributed by atoms with Crippen LogP contribution in [0, 0.1) is 17.8 Å². The summed E-state index contributed by atoms with van der Waals surface area (Å²) >= 11 is 0. The molecule has 3 N–H and O–H groups in total. The van der Waals surface area contributed by atoms with Gasteiger partial charge >= 0.3 is 11.9 Å². The third kappa shape index (κ3) is 1.40. The summed E-state index contributed by atoms with van der Waals surface area (Å²) in [6, 6.07) is 0. The quantitative estimate of drug-likeness (QED) is 0.568. The third-order valence-corrected chi connectivity index (χ3v) is 3.28. The van der Waals surface area contributed by atoms with Gasteiger partial charge in [-0.25, -0.2) is 0 Å². The first kappa shape index (κ1) is 10.4. The SMILES string of the molecule is O=C(O)[C@@H]1[C@H]2O[C@H](C[C@@H]2CO)[C@@H]1C(=O)O. The van der Waals surface area contributed by atoms with Gasteiger partial charge in [-0.3, -0.25) is 9.59 Å². The lowest BCUT2D eigenvalue weighted by atomic mass is 9.74. The van der Waals surface area contributed by atoms with Crippen molar-refractivity contribution < 1.29 is 29.6 Å². The van der Waals surface area contributed by atoms with Gasteiger partial charge in [0.25, 0.3) is 0 Å². The van der Waals surface area contributed by atoms with Gasteiger partial charge < -0.3 is 20.1 Å². The predicted octanol–water partition coefficient (Wildman–Crippen LogP) is -0.832. The van der Waals surface area contributed by atoms with Crippen LogP contribution in [0.15, 0.2) is 0 Å². The van der Waals surface area contributed by atoms with E-state index in [9.17, 15) is 9.59 Å². The van der Waals surface area contributed by atoms with Crippen LogP contribution in [0.5, 0.6) is 0 Å². The van der Waals surface area contributed by atoms with Gasteiger partial charge in [-0.2, -0.15) is 0 Å². The first-order valence-electron chi connectivity index (χ1n) is 4.78. The number of aliphatic carboxylic acids is 2. The van der Waals surface area contributed by atoms with E-state index < -0.39 is 36.0 Å². The smallest absolute Gasteiger partial charge is 0.310 e. The Labute approximate surface area is 85.5 Å². The Kier molecular flexibility index (Phi) is 2.40. The van der Waals surface area contributed by atoms with E-state index >= 15 is 0 Å². The van der Waals surface area contributed by atoms with Crippen molar-refractivity contribution in [1.82, 2.24) is 0 Å². The second-order valence-electron chi connectivity index (χ2n) is 4.05. The van der Waals surface area contributed by atoms with Crippen molar-refractivity contribution in [2.24, 2.45) is 17.8 Å². The van der Waals surface area contributed by atoms with Gasteiger partial charge in [0.2, 0.25) is 0 Å². The second kappa shape index (κ2) is 3.46. The molecule has 6 heteroatoms. The molecule has 2 saturated heterocycles. The Bertz CT molecular complexity index is 301. The van der Waals surface area contributed by atoms with Crippen LogP contribution >= 0.6 is 0 Å². The maximum atomic E-state index is 10.9. The van der Waals surface area contributed by atoms with Crippen molar-refractivity contribution in [2.45, 2.75) is 18.6 Å². The molecule has 84 valence electrons. The number of rotatable bonds is 3. The van der Waals surface area contributed by atoms with Crippen molar-refractivity contribution in [3.05, 3.63) is 0 Å². The highest BCUT2D eigenvalue weighted by Crippen LogP contribution is 2.46. The fourth-order valence-corrected chi connectivity index (χ4v) is 2.63.